The summed E-state index contributed by atoms with van der Waals surface area (Å²) in [5.41, 5.74) is 1.96. The van der Waals surface area contributed by atoms with Crippen LogP contribution in [0.15, 0.2) is 60.8 Å². The van der Waals surface area contributed by atoms with E-state index < -0.39 is 12.1 Å². The quantitative estimate of drug-likeness (QED) is 0.680. The van der Waals surface area contributed by atoms with Crippen LogP contribution in [0.5, 0.6) is 0 Å². The number of ether oxygens (including phenoxy) is 1. The SMILES string of the molecule is CC(OC(=O)c1cccc2ncccc12)C(=O)NCCc1ccc(F)cc1. The van der Waals surface area contributed by atoms with Gasteiger partial charge in [-0.3, -0.25) is 9.78 Å². The van der Waals surface area contributed by atoms with E-state index in [1.54, 1.807) is 48.7 Å². The Morgan fingerprint density at radius 1 is 1.11 bits per heavy atom. The minimum Gasteiger partial charge on any atom is -0.449 e. The maximum absolute atomic E-state index is 12.9. The van der Waals surface area contributed by atoms with E-state index in [1.165, 1.54) is 19.1 Å². The van der Waals surface area contributed by atoms with E-state index in [0.717, 1.165) is 5.56 Å². The second kappa shape index (κ2) is 8.40. The predicted octanol–water partition coefficient (Wildman–Crippen LogP) is 3.28. The largest absolute Gasteiger partial charge is 0.449 e. The maximum atomic E-state index is 12.9. The van der Waals surface area contributed by atoms with Crippen molar-refractivity contribution in [2.45, 2.75) is 19.4 Å². The van der Waals surface area contributed by atoms with E-state index >= 15 is 0 Å². The number of nitrogens with one attached hydrogen (secondary N) is 1. The Morgan fingerprint density at radius 3 is 2.67 bits per heavy atom. The Hall–Kier alpha value is -3.28. The van der Waals surface area contributed by atoms with Crippen molar-refractivity contribution < 1.29 is 18.7 Å². The molecule has 2 aromatic carbocycles. The number of fused-ring (bicyclic) bond motifs is 1. The number of carbonyl (C=O) groups excluding carboxylic acids is 2. The Labute approximate surface area is 156 Å². The van der Waals surface area contributed by atoms with Gasteiger partial charge in [-0.1, -0.05) is 24.3 Å². The third kappa shape index (κ3) is 4.67. The zero-order chi connectivity index (χ0) is 19.2. The summed E-state index contributed by atoms with van der Waals surface area (Å²) in [6.45, 7) is 1.89. The van der Waals surface area contributed by atoms with Crippen molar-refractivity contribution in [3.8, 4) is 0 Å². The van der Waals surface area contributed by atoms with Crippen molar-refractivity contribution in [3.63, 3.8) is 0 Å². The lowest BCUT2D eigenvalue weighted by Crippen LogP contribution is -2.36. The maximum Gasteiger partial charge on any atom is 0.339 e. The number of esters is 1. The van der Waals surface area contributed by atoms with E-state index in [-0.39, 0.29) is 11.7 Å². The van der Waals surface area contributed by atoms with Crippen LogP contribution in [0.2, 0.25) is 0 Å². The van der Waals surface area contributed by atoms with Crippen molar-refractivity contribution in [3.05, 3.63) is 77.7 Å². The molecule has 138 valence electrons. The van der Waals surface area contributed by atoms with E-state index in [2.05, 4.69) is 10.3 Å². The summed E-state index contributed by atoms with van der Waals surface area (Å²) in [6.07, 6.45) is 1.27. The first-order valence-corrected chi connectivity index (χ1v) is 8.61. The molecule has 0 aliphatic rings. The van der Waals surface area contributed by atoms with Gasteiger partial charge in [-0.25, -0.2) is 9.18 Å². The molecule has 1 N–H and O–H groups in total. The number of nitrogens with zero attached hydrogens (tertiary/aromatic N) is 1. The third-order valence-electron chi connectivity index (χ3n) is 4.14. The van der Waals surface area contributed by atoms with Crippen LogP contribution in [0.25, 0.3) is 10.9 Å². The fourth-order valence-corrected chi connectivity index (χ4v) is 2.68. The van der Waals surface area contributed by atoms with Crippen LogP contribution in [0.1, 0.15) is 22.8 Å². The molecule has 1 heterocycles. The van der Waals surface area contributed by atoms with Crippen molar-refractivity contribution in [2.24, 2.45) is 0 Å². The summed E-state index contributed by atoms with van der Waals surface area (Å²) in [7, 11) is 0. The van der Waals surface area contributed by atoms with Gasteiger partial charge in [0.1, 0.15) is 5.82 Å². The highest BCUT2D eigenvalue weighted by Crippen LogP contribution is 2.17. The minimum absolute atomic E-state index is 0.299. The molecule has 0 bridgehead atoms. The summed E-state index contributed by atoms with van der Waals surface area (Å²) in [6, 6.07) is 14.8. The number of benzene rings is 2. The lowest BCUT2D eigenvalue weighted by atomic mass is 10.1. The third-order valence-corrected chi connectivity index (χ3v) is 4.14. The van der Waals surface area contributed by atoms with Crippen molar-refractivity contribution in [2.75, 3.05) is 6.54 Å². The number of hydrogen-bond acceptors (Lipinski definition) is 4. The standard InChI is InChI=1S/C21H19FN2O3/c1-14(20(25)24-13-11-15-7-9-16(22)10-8-15)27-21(26)18-4-2-6-19-17(18)5-3-12-23-19/h2-10,12,14H,11,13H2,1H3,(H,24,25). The fourth-order valence-electron chi connectivity index (χ4n) is 2.68. The lowest BCUT2D eigenvalue weighted by Gasteiger charge is -2.14. The molecule has 3 aromatic rings. The van der Waals surface area contributed by atoms with Crippen molar-refractivity contribution >= 4 is 22.8 Å². The van der Waals surface area contributed by atoms with Gasteiger partial charge in [0.25, 0.3) is 5.91 Å². The lowest BCUT2D eigenvalue weighted by molar-refractivity contribution is -0.129. The molecule has 0 saturated carbocycles. The highest BCUT2D eigenvalue weighted by Gasteiger charge is 2.20. The summed E-state index contributed by atoms with van der Waals surface area (Å²) in [5, 5.41) is 3.39. The molecular formula is C21H19FN2O3. The number of amides is 1. The Kier molecular flexibility index (Phi) is 5.76. The monoisotopic (exact) mass is 366 g/mol. The van der Waals surface area contributed by atoms with Crippen LogP contribution in [0.4, 0.5) is 4.39 Å². The highest BCUT2D eigenvalue weighted by molar-refractivity contribution is 6.04. The predicted molar refractivity (Wildman–Crippen MR) is 99.7 cm³/mol. The normalized spacial score (nSPS) is 11.8. The van der Waals surface area contributed by atoms with Crippen LogP contribution in [-0.2, 0) is 16.0 Å². The molecule has 0 radical (unpaired) electrons. The van der Waals surface area contributed by atoms with Gasteiger partial charge in [0.2, 0.25) is 0 Å². The van der Waals surface area contributed by atoms with Gasteiger partial charge in [0.05, 0.1) is 11.1 Å². The second-order valence-corrected chi connectivity index (χ2v) is 6.09. The van der Waals surface area contributed by atoms with Crippen molar-refractivity contribution in [1.82, 2.24) is 10.3 Å². The average Bonchev–Trinajstić information content (AvgIpc) is 2.68. The summed E-state index contributed by atoms with van der Waals surface area (Å²) >= 11 is 0. The van der Waals surface area contributed by atoms with Crippen LogP contribution >= 0.6 is 0 Å². The van der Waals surface area contributed by atoms with Gasteiger partial charge in [-0.05, 0) is 49.2 Å². The molecule has 3 rings (SSSR count). The Bertz CT molecular complexity index is 952. The summed E-state index contributed by atoms with van der Waals surface area (Å²) in [4.78, 5) is 28.8. The Morgan fingerprint density at radius 2 is 1.89 bits per heavy atom. The van der Waals surface area contributed by atoms with Gasteiger partial charge in [-0.2, -0.15) is 0 Å². The minimum atomic E-state index is -0.933. The van der Waals surface area contributed by atoms with Gasteiger partial charge in [-0.15, -0.1) is 0 Å². The van der Waals surface area contributed by atoms with E-state index in [1.807, 2.05) is 0 Å². The first kappa shape index (κ1) is 18.5. The zero-order valence-corrected chi connectivity index (χ0v) is 14.8. The molecule has 0 saturated heterocycles. The van der Waals surface area contributed by atoms with Crippen LogP contribution < -0.4 is 5.32 Å². The average molecular weight is 366 g/mol. The number of pyridine rings is 1. The van der Waals surface area contributed by atoms with Crippen LogP contribution in [0.3, 0.4) is 0 Å². The first-order valence-electron chi connectivity index (χ1n) is 8.61. The fraction of sp³-hybridized carbons (Fsp3) is 0.190. The van der Waals surface area contributed by atoms with Gasteiger partial charge in [0, 0.05) is 18.1 Å². The molecule has 1 amide bonds. The molecule has 0 aliphatic heterocycles. The molecule has 0 fully saturated rings. The molecule has 1 aromatic heterocycles. The Balaban J connectivity index is 1.55. The number of hydrogen-bond donors (Lipinski definition) is 1. The molecule has 0 aliphatic carbocycles. The second-order valence-electron chi connectivity index (χ2n) is 6.09. The van der Waals surface area contributed by atoms with Gasteiger partial charge in [0.15, 0.2) is 6.10 Å². The van der Waals surface area contributed by atoms with Crippen molar-refractivity contribution in [1.29, 1.82) is 0 Å². The van der Waals surface area contributed by atoms with Crippen LogP contribution in [0, 0.1) is 5.82 Å². The number of halogens is 1. The van der Waals surface area contributed by atoms with E-state index in [4.69, 9.17) is 4.74 Å². The molecule has 1 atom stereocenters. The number of rotatable bonds is 6. The molecule has 0 spiro atoms. The molecular weight excluding hydrogens is 347 g/mol. The number of aromatic nitrogens is 1. The van der Waals surface area contributed by atoms with Gasteiger partial charge >= 0.3 is 5.97 Å². The van der Waals surface area contributed by atoms with E-state index in [9.17, 15) is 14.0 Å². The molecule has 6 heteroatoms. The topological polar surface area (TPSA) is 68.3 Å². The highest BCUT2D eigenvalue weighted by atomic mass is 19.1. The molecule has 5 nitrogen and oxygen atoms in total. The molecule has 27 heavy (non-hydrogen) atoms. The smallest absolute Gasteiger partial charge is 0.339 e. The first-order chi connectivity index (χ1) is 13.0. The summed E-state index contributed by atoms with van der Waals surface area (Å²) in [5.74, 6) is -1.26. The zero-order valence-electron chi connectivity index (χ0n) is 14.8. The molecule has 1 unspecified atom stereocenters. The van der Waals surface area contributed by atoms with Crippen LogP contribution in [-0.4, -0.2) is 29.5 Å². The number of carbonyl (C=O) groups is 2. The van der Waals surface area contributed by atoms with Gasteiger partial charge < -0.3 is 10.1 Å². The summed E-state index contributed by atoms with van der Waals surface area (Å²) < 4.78 is 18.2. The van der Waals surface area contributed by atoms with E-state index in [0.29, 0.717) is 29.4 Å².